The summed E-state index contributed by atoms with van der Waals surface area (Å²) in [5.41, 5.74) is 7.28. The Morgan fingerprint density at radius 1 is 1.53 bits per heavy atom. The van der Waals surface area contributed by atoms with Crippen LogP contribution in [-0.2, 0) is 20.0 Å². The lowest BCUT2D eigenvalue weighted by Crippen LogP contribution is -2.22. The number of rotatable bonds is 3. The van der Waals surface area contributed by atoms with Crippen LogP contribution < -0.4 is 11.3 Å². The van der Waals surface area contributed by atoms with Crippen molar-refractivity contribution in [3.05, 3.63) is 45.0 Å². The summed E-state index contributed by atoms with van der Waals surface area (Å²) in [6, 6.07) is 3.55. The van der Waals surface area contributed by atoms with Crippen LogP contribution in [-0.4, -0.2) is 14.3 Å². The highest BCUT2D eigenvalue weighted by Crippen LogP contribution is 2.09. The zero-order valence-corrected chi connectivity index (χ0v) is 11.0. The van der Waals surface area contributed by atoms with Crippen LogP contribution in [0, 0.1) is 0 Å². The summed E-state index contributed by atoms with van der Waals surface area (Å²) in [6.07, 6.45) is 4.14. The van der Waals surface area contributed by atoms with Crippen LogP contribution in [0.2, 0.25) is 0 Å². The quantitative estimate of drug-likeness (QED) is 0.925. The first-order valence-corrected chi connectivity index (χ1v) is 5.99. The molecular weight excluding hydrogens is 284 g/mol. The number of aryl methyl sites for hydroxylation is 3. The van der Waals surface area contributed by atoms with Crippen molar-refractivity contribution in [1.82, 2.24) is 14.3 Å². The molecule has 5 nitrogen and oxygen atoms in total. The number of nitrogens with zero attached hydrogens (tertiary/aromatic N) is 3. The molecule has 17 heavy (non-hydrogen) atoms. The normalized spacial score (nSPS) is 10.7. The molecule has 0 saturated carbocycles. The molecule has 0 amide bonds. The third-order valence-electron chi connectivity index (χ3n) is 2.59. The summed E-state index contributed by atoms with van der Waals surface area (Å²) >= 11 is 3.20. The highest BCUT2D eigenvalue weighted by atomic mass is 79.9. The number of pyridine rings is 1. The maximum absolute atomic E-state index is 11.8. The van der Waals surface area contributed by atoms with Crippen molar-refractivity contribution in [2.24, 2.45) is 7.05 Å². The number of halogens is 1. The third kappa shape index (κ3) is 2.58. The lowest BCUT2D eigenvalue weighted by atomic mass is 10.3. The molecule has 0 saturated heterocycles. The van der Waals surface area contributed by atoms with Crippen LogP contribution in [0.3, 0.4) is 0 Å². The summed E-state index contributed by atoms with van der Waals surface area (Å²) < 4.78 is 3.89. The van der Waals surface area contributed by atoms with Crippen molar-refractivity contribution in [2.75, 3.05) is 5.73 Å². The first-order valence-electron chi connectivity index (χ1n) is 5.20. The van der Waals surface area contributed by atoms with Crippen molar-refractivity contribution < 1.29 is 0 Å². The first kappa shape index (κ1) is 11.9. The second-order valence-electron chi connectivity index (χ2n) is 3.82. The summed E-state index contributed by atoms with van der Waals surface area (Å²) in [5, 5.41) is 4.08. The molecule has 0 spiro atoms. The van der Waals surface area contributed by atoms with Gasteiger partial charge in [-0.25, -0.2) is 0 Å². The van der Waals surface area contributed by atoms with Crippen LogP contribution in [0.15, 0.2) is 33.8 Å². The fourth-order valence-corrected chi connectivity index (χ4v) is 2.16. The zero-order chi connectivity index (χ0) is 12.4. The maximum atomic E-state index is 11.8. The van der Waals surface area contributed by atoms with Crippen molar-refractivity contribution in [1.29, 1.82) is 0 Å². The molecule has 2 rings (SSSR count). The highest BCUT2D eigenvalue weighted by Gasteiger charge is 2.04. The van der Waals surface area contributed by atoms with E-state index in [0.717, 1.165) is 12.1 Å². The standard InChI is InChI=1S/C11H13BrN4O/c1-15-9(2-4-14-15)3-5-16-7-8(13)6-10(12)11(16)17/h2,4,6-7H,3,5,13H2,1H3. The van der Waals surface area contributed by atoms with Gasteiger partial charge in [0.15, 0.2) is 0 Å². The van der Waals surface area contributed by atoms with E-state index in [2.05, 4.69) is 21.0 Å². The van der Waals surface area contributed by atoms with Gasteiger partial charge >= 0.3 is 0 Å². The smallest absolute Gasteiger partial charge is 0.264 e. The molecule has 0 radical (unpaired) electrons. The second-order valence-corrected chi connectivity index (χ2v) is 4.67. The number of hydrogen-bond acceptors (Lipinski definition) is 3. The van der Waals surface area contributed by atoms with Crippen molar-refractivity contribution in [2.45, 2.75) is 13.0 Å². The highest BCUT2D eigenvalue weighted by molar-refractivity contribution is 9.10. The number of aromatic nitrogens is 3. The van der Waals surface area contributed by atoms with Gasteiger partial charge in [-0.1, -0.05) is 0 Å². The molecule has 0 aliphatic carbocycles. The number of nitrogens with two attached hydrogens (primary N) is 1. The van der Waals surface area contributed by atoms with Crippen molar-refractivity contribution in [3.63, 3.8) is 0 Å². The van der Waals surface area contributed by atoms with Gasteiger partial charge in [0.2, 0.25) is 0 Å². The maximum Gasteiger partial charge on any atom is 0.264 e. The lowest BCUT2D eigenvalue weighted by molar-refractivity contribution is 0.622. The molecule has 0 aliphatic rings. The van der Waals surface area contributed by atoms with E-state index in [1.54, 1.807) is 27.7 Å². The van der Waals surface area contributed by atoms with E-state index in [0.29, 0.717) is 16.7 Å². The summed E-state index contributed by atoms with van der Waals surface area (Å²) in [6.45, 7) is 0.585. The van der Waals surface area contributed by atoms with E-state index in [-0.39, 0.29) is 5.56 Å². The Morgan fingerprint density at radius 3 is 2.94 bits per heavy atom. The van der Waals surface area contributed by atoms with Gasteiger partial charge < -0.3 is 10.3 Å². The topological polar surface area (TPSA) is 65.8 Å². The zero-order valence-electron chi connectivity index (χ0n) is 9.43. The van der Waals surface area contributed by atoms with Gasteiger partial charge in [-0.15, -0.1) is 0 Å². The fourth-order valence-electron chi connectivity index (χ4n) is 1.67. The predicted octanol–water partition coefficient (Wildman–Crippen LogP) is 1.17. The van der Waals surface area contributed by atoms with Crippen molar-refractivity contribution >= 4 is 21.6 Å². The van der Waals surface area contributed by atoms with Crippen LogP contribution in [0.1, 0.15) is 5.69 Å². The molecule has 6 heteroatoms. The van der Waals surface area contributed by atoms with Crippen LogP contribution in [0.25, 0.3) is 0 Å². The van der Waals surface area contributed by atoms with E-state index in [1.165, 1.54) is 0 Å². The minimum atomic E-state index is -0.0682. The average Bonchev–Trinajstić information content (AvgIpc) is 2.67. The summed E-state index contributed by atoms with van der Waals surface area (Å²) in [5.74, 6) is 0. The van der Waals surface area contributed by atoms with Crippen molar-refractivity contribution in [3.8, 4) is 0 Å². The van der Waals surface area contributed by atoms with Gasteiger partial charge in [-0.3, -0.25) is 9.48 Å². The Bertz CT molecular complexity index is 587. The van der Waals surface area contributed by atoms with Gasteiger partial charge in [0.25, 0.3) is 5.56 Å². The molecule has 2 aromatic heterocycles. The van der Waals surface area contributed by atoms with Gasteiger partial charge in [-0.2, -0.15) is 5.10 Å². The van der Waals surface area contributed by atoms with Crippen LogP contribution >= 0.6 is 15.9 Å². The van der Waals surface area contributed by atoms with E-state index >= 15 is 0 Å². The Morgan fingerprint density at radius 2 is 2.29 bits per heavy atom. The summed E-state index contributed by atoms with van der Waals surface area (Å²) in [7, 11) is 1.88. The van der Waals surface area contributed by atoms with E-state index < -0.39 is 0 Å². The minimum Gasteiger partial charge on any atom is -0.398 e. The number of nitrogen functional groups attached to an aromatic ring is 1. The molecule has 0 unspecified atom stereocenters. The molecule has 2 heterocycles. The second kappa shape index (κ2) is 4.75. The predicted molar refractivity (Wildman–Crippen MR) is 69.7 cm³/mol. The molecule has 0 aliphatic heterocycles. The van der Waals surface area contributed by atoms with Gasteiger partial charge in [0, 0.05) is 43.8 Å². The van der Waals surface area contributed by atoms with Crippen LogP contribution in [0.5, 0.6) is 0 Å². The third-order valence-corrected chi connectivity index (χ3v) is 3.16. The van der Waals surface area contributed by atoms with Gasteiger partial charge in [0.05, 0.1) is 4.47 Å². The Balaban J connectivity index is 2.20. The van der Waals surface area contributed by atoms with E-state index in [4.69, 9.17) is 5.73 Å². The average molecular weight is 297 g/mol. The number of anilines is 1. The van der Waals surface area contributed by atoms with Crippen LogP contribution in [0.4, 0.5) is 5.69 Å². The minimum absolute atomic E-state index is 0.0682. The lowest BCUT2D eigenvalue weighted by Gasteiger charge is -2.07. The Labute approximate surface area is 107 Å². The molecular formula is C11H13BrN4O. The molecule has 90 valence electrons. The summed E-state index contributed by atoms with van der Waals surface area (Å²) in [4.78, 5) is 11.8. The van der Waals surface area contributed by atoms with Gasteiger partial charge in [-0.05, 0) is 28.1 Å². The molecule has 0 atom stereocenters. The SMILES string of the molecule is Cn1nccc1CCn1cc(N)cc(Br)c1=O. The largest absolute Gasteiger partial charge is 0.398 e. The molecule has 0 fully saturated rings. The Kier molecular flexibility index (Phi) is 3.33. The Hall–Kier alpha value is -1.56. The fraction of sp³-hybridized carbons (Fsp3) is 0.273. The molecule has 2 aromatic rings. The van der Waals surface area contributed by atoms with Gasteiger partial charge in [0.1, 0.15) is 0 Å². The van der Waals surface area contributed by atoms with E-state index in [9.17, 15) is 4.79 Å². The number of hydrogen-bond donors (Lipinski definition) is 1. The van der Waals surface area contributed by atoms with E-state index in [1.807, 2.05) is 13.1 Å². The monoisotopic (exact) mass is 296 g/mol. The molecule has 0 bridgehead atoms. The first-order chi connectivity index (χ1) is 8.08. The molecule has 0 aromatic carbocycles. The molecule has 2 N–H and O–H groups in total.